The number of hydrogen-bond donors (Lipinski definition) is 1. The van der Waals surface area contributed by atoms with E-state index in [9.17, 15) is 4.79 Å². The number of hydrogen-bond acceptors (Lipinski definition) is 3. The molecular weight excluding hydrogens is 246 g/mol. The van der Waals surface area contributed by atoms with Gasteiger partial charge in [-0.3, -0.25) is 4.79 Å². The monoisotopic (exact) mass is 261 g/mol. The molecule has 3 nitrogen and oxygen atoms in total. The zero-order valence-electron chi connectivity index (χ0n) is 10.2. The lowest BCUT2D eigenvalue weighted by molar-refractivity contribution is 0.0923. The predicted octanol–water partition coefficient (Wildman–Crippen LogP) is 3.07. The van der Waals surface area contributed by atoms with Crippen molar-refractivity contribution in [3.05, 3.63) is 59.5 Å². The van der Waals surface area contributed by atoms with Crippen molar-refractivity contribution < 1.29 is 9.21 Å². The van der Waals surface area contributed by atoms with E-state index in [4.69, 9.17) is 4.42 Å². The molecule has 0 fully saturated rings. The highest BCUT2D eigenvalue weighted by molar-refractivity contribution is 7.97. The van der Waals surface area contributed by atoms with Crippen LogP contribution in [0.2, 0.25) is 0 Å². The van der Waals surface area contributed by atoms with Gasteiger partial charge in [-0.05, 0) is 29.5 Å². The van der Waals surface area contributed by atoms with Crippen LogP contribution in [0.25, 0.3) is 0 Å². The number of rotatable bonds is 5. The molecule has 4 heteroatoms. The van der Waals surface area contributed by atoms with Crippen molar-refractivity contribution >= 4 is 17.7 Å². The Hall–Kier alpha value is -1.68. The average molecular weight is 261 g/mol. The smallest absolute Gasteiger partial charge is 0.287 e. The highest BCUT2D eigenvalue weighted by Gasteiger charge is 2.07. The van der Waals surface area contributed by atoms with Crippen molar-refractivity contribution in [3.8, 4) is 0 Å². The van der Waals surface area contributed by atoms with Gasteiger partial charge in [0.1, 0.15) is 0 Å². The summed E-state index contributed by atoms with van der Waals surface area (Å²) in [5.74, 6) is 1.14. The maximum absolute atomic E-state index is 11.7. The molecule has 1 N–H and O–H groups in total. The van der Waals surface area contributed by atoms with Crippen LogP contribution in [0.4, 0.5) is 0 Å². The van der Waals surface area contributed by atoms with Crippen LogP contribution in [0.5, 0.6) is 0 Å². The van der Waals surface area contributed by atoms with E-state index in [1.807, 2.05) is 12.1 Å². The van der Waals surface area contributed by atoms with E-state index in [-0.39, 0.29) is 5.91 Å². The van der Waals surface area contributed by atoms with Gasteiger partial charge in [0.05, 0.1) is 6.26 Å². The first-order valence-electron chi connectivity index (χ1n) is 5.68. The molecule has 1 aromatic carbocycles. The standard InChI is InChI=1S/C14H15NO2S/c1-18-10-12-5-2-4-11(8-12)9-15-14(16)13-6-3-7-17-13/h2-8H,9-10H2,1H3,(H,15,16). The number of thioether (sulfide) groups is 1. The quantitative estimate of drug-likeness (QED) is 0.899. The Morgan fingerprint density at radius 2 is 2.11 bits per heavy atom. The van der Waals surface area contributed by atoms with E-state index in [1.54, 1.807) is 23.9 Å². The summed E-state index contributed by atoms with van der Waals surface area (Å²) in [7, 11) is 0. The molecule has 0 aliphatic heterocycles. The summed E-state index contributed by atoms with van der Waals surface area (Å²) >= 11 is 1.78. The van der Waals surface area contributed by atoms with Crippen LogP contribution in [0.15, 0.2) is 47.1 Å². The number of amides is 1. The topological polar surface area (TPSA) is 42.2 Å². The van der Waals surface area contributed by atoms with Gasteiger partial charge < -0.3 is 9.73 Å². The fraction of sp³-hybridized carbons (Fsp3) is 0.214. The Bertz CT molecular complexity index is 508. The predicted molar refractivity (Wildman–Crippen MR) is 73.5 cm³/mol. The summed E-state index contributed by atoms with van der Waals surface area (Å²) in [6, 6.07) is 11.6. The molecular formula is C14H15NO2S. The first-order chi connectivity index (χ1) is 8.79. The Labute approximate surface area is 111 Å². The van der Waals surface area contributed by atoms with Gasteiger partial charge in [0.2, 0.25) is 0 Å². The summed E-state index contributed by atoms with van der Waals surface area (Å²) in [4.78, 5) is 11.7. The molecule has 2 aromatic rings. The van der Waals surface area contributed by atoms with Gasteiger partial charge in [-0.1, -0.05) is 24.3 Å². The molecule has 94 valence electrons. The van der Waals surface area contributed by atoms with Crippen LogP contribution in [0, 0.1) is 0 Å². The second-order valence-corrected chi connectivity index (χ2v) is 4.78. The minimum absolute atomic E-state index is 0.185. The molecule has 1 aromatic heterocycles. The molecule has 0 atom stereocenters. The fourth-order valence-electron chi connectivity index (χ4n) is 1.67. The Kier molecular flexibility index (Phi) is 4.47. The first-order valence-corrected chi connectivity index (χ1v) is 7.07. The van der Waals surface area contributed by atoms with Crippen molar-refractivity contribution in [2.45, 2.75) is 12.3 Å². The fourth-order valence-corrected chi connectivity index (χ4v) is 2.19. The molecule has 1 heterocycles. The highest BCUT2D eigenvalue weighted by Crippen LogP contribution is 2.11. The number of carbonyl (C=O) groups is 1. The van der Waals surface area contributed by atoms with Gasteiger partial charge in [0.15, 0.2) is 5.76 Å². The zero-order chi connectivity index (χ0) is 12.8. The summed E-state index contributed by atoms with van der Waals surface area (Å²) in [6.45, 7) is 0.516. The molecule has 0 spiro atoms. The average Bonchev–Trinajstić information content (AvgIpc) is 2.91. The molecule has 0 aliphatic rings. The minimum Gasteiger partial charge on any atom is -0.459 e. The van der Waals surface area contributed by atoms with Crippen LogP contribution in [-0.4, -0.2) is 12.2 Å². The third-order valence-corrected chi connectivity index (χ3v) is 3.12. The van der Waals surface area contributed by atoms with E-state index < -0.39 is 0 Å². The molecule has 1 amide bonds. The second-order valence-electron chi connectivity index (χ2n) is 3.91. The zero-order valence-corrected chi connectivity index (χ0v) is 11.0. The molecule has 0 radical (unpaired) electrons. The lowest BCUT2D eigenvalue weighted by Gasteiger charge is -2.05. The maximum Gasteiger partial charge on any atom is 0.287 e. The highest BCUT2D eigenvalue weighted by atomic mass is 32.2. The van der Waals surface area contributed by atoms with Crippen LogP contribution >= 0.6 is 11.8 Å². The molecule has 0 saturated heterocycles. The largest absolute Gasteiger partial charge is 0.459 e. The van der Waals surface area contributed by atoms with Crippen LogP contribution in [-0.2, 0) is 12.3 Å². The van der Waals surface area contributed by atoms with E-state index >= 15 is 0 Å². The van der Waals surface area contributed by atoms with E-state index in [0.717, 1.165) is 11.3 Å². The van der Waals surface area contributed by atoms with Crippen molar-refractivity contribution in [2.75, 3.05) is 6.26 Å². The Balaban J connectivity index is 1.93. The Morgan fingerprint density at radius 1 is 1.28 bits per heavy atom. The van der Waals surface area contributed by atoms with Gasteiger partial charge >= 0.3 is 0 Å². The van der Waals surface area contributed by atoms with Crippen LogP contribution in [0.3, 0.4) is 0 Å². The third kappa shape index (κ3) is 3.40. The van der Waals surface area contributed by atoms with Crippen molar-refractivity contribution in [1.82, 2.24) is 5.32 Å². The van der Waals surface area contributed by atoms with Crippen molar-refractivity contribution in [3.63, 3.8) is 0 Å². The molecule has 0 bridgehead atoms. The van der Waals surface area contributed by atoms with E-state index in [2.05, 4.69) is 23.7 Å². The summed E-state index contributed by atoms with van der Waals surface area (Å²) < 4.78 is 5.03. The van der Waals surface area contributed by atoms with Crippen molar-refractivity contribution in [1.29, 1.82) is 0 Å². The van der Waals surface area contributed by atoms with Crippen LogP contribution in [0.1, 0.15) is 21.7 Å². The molecule has 2 rings (SSSR count). The lowest BCUT2D eigenvalue weighted by Crippen LogP contribution is -2.22. The van der Waals surface area contributed by atoms with E-state index in [0.29, 0.717) is 12.3 Å². The van der Waals surface area contributed by atoms with Gasteiger partial charge in [-0.15, -0.1) is 0 Å². The first kappa shape index (κ1) is 12.8. The minimum atomic E-state index is -0.185. The van der Waals surface area contributed by atoms with Gasteiger partial charge in [0.25, 0.3) is 5.91 Å². The summed E-state index contributed by atoms with van der Waals surface area (Å²) in [5.41, 5.74) is 2.37. The summed E-state index contributed by atoms with van der Waals surface area (Å²) in [6.07, 6.45) is 3.57. The maximum atomic E-state index is 11.7. The van der Waals surface area contributed by atoms with Gasteiger partial charge in [-0.2, -0.15) is 11.8 Å². The molecule has 0 unspecified atom stereocenters. The number of furan rings is 1. The summed E-state index contributed by atoms with van der Waals surface area (Å²) in [5, 5.41) is 2.83. The molecule has 18 heavy (non-hydrogen) atoms. The molecule has 0 aliphatic carbocycles. The normalized spacial score (nSPS) is 10.3. The molecule has 0 saturated carbocycles. The number of benzene rings is 1. The number of nitrogens with one attached hydrogen (secondary N) is 1. The SMILES string of the molecule is CSCc1cccc(CNC(=O)c2ccco2)c1. The second kappa shape index (κ2) is 6.31. The number of carbonyl (C=O) groups excluding carboxylic acids is 1. The lowest BCUT2D eigenvalue weighted by atomic mass is 10.1. The third-order valence-electron chi connectivity index (χ3n) is 2.50. The van der Waals surface area contributed by atoms with Gasteiger partial charge in [0, 0.05) is 12.3 Å². The van der Waals surface area contributed by atoms with E-state index in [1.165, 1.54) is 11.8 Å². The van der Waals surface area contributed by atoms with Gasteiger partial charge in [-0.25, -0.2) is 0 Å². The van der Waals surface area contributed by atoms with Crippen LogP contribution < -0.4 is 5.32 Å². The Morgan fingerprint density at radius 3 is 2.83 bits per heavy atom. The van der Waals surface area contributed by atoms with Crippen molar-refractivity contribution in [2.24, 2.45) is 0 Å².